The van der Waals surface area contributed by atoms with Crippen molar-refractivity contribution in [1.29, 1.82) is 0 Å². The lowest BCUT2D eigenvalue weighted by atomic mass is 10.1. The van der Waals surface area contributed by atoms with E-state index < -0.39 is 23.9 Å². The lowest BCUT2D eigenvalue weighted by Gasteiger charge is -2.22. The number of halogens is 1. The topological polar surface area (TPSA) is 282 Å². The Kier molecular flexibility index (Phi) is 48.1. The zero-order valence-corrected chi connectivity index (χ0v) is 41.1. The lowest BCUT2D eigenvalue weighted by molar-refractivity contribution is -0.131. The highest BCUT2D eigenvalue weighted by molar-refractivity contribution is 14.1. The van der Waals surface area contributed by atoms with E-state index >= 15 is 0 Å². The summed E-state index contributed by atoms with van der Waals surface area (Å²) >= 11 is 1.86. The molecule has 23 nitrogen and oxygen atoms in total. The number of carbonyl (C=O) groups is 5. The van der Waals surface area contributed by atoms with Crippen molar-refractivity contribution in [1.82, 2.24) is 26.6 Å². The summed E-state index contributed by atoms with van der Waals surface area (Å²) in [6.07, 6.45) is 2.70. The predicted octanol–water partition coefficient (Wildman–Crippen LogP) is -1.38. The molecule has 0 heterocycles. The molecule has 386 valence electrons. The number of hydrogen-bond donors (Lipinski definition) is 6. The zero-order chi connectivity index (χ0) is 48.4. The fourth-order valence-electron chi connectivity index (χ4n) is 5.01. The van der Waals surface area contributed by atoms with Gasteiger partial charge in [0.25, 0.3) is 0 Å². The van der Waals surface area contributed by atoms with Gasteiger partial charge >= 0.3 is 0 Å². The highest BCUT2D eigenvalue weighted by atomic mass is 127. The lowest BCUT2D eigenvalue weighted by Crippen LogP contribution is -2.56. The quantitative estimate of drug-likeness (QED) is 0.0233. The monoisotopic (exact) mass is 1070 g/mol. The molecule has 2 atom stereocenters. The Morgan fingerprint density at radius 3 is 1.27 bits per heavy atom. The maximum absolute atomic E-state index is 12.9. The van der Waals surface area contributed by atoms with Crippen LogP contribution in [-0.4, -0.2) is 225 Å². The van der Waals surface area contributed by atoms with Crippen LogP contribution in [0.15, 0.2) is 12.8 Å². The van der Waals surface area contributed by atoms with Crippen molar-refractivity contribution >= 4 is 52.1 Å². The molecule has 2 unspecified atom stereocenters. The molecule has 5 amide bonds. The summed E-state index contributed by atoms with van der Waals surface area (Å²) in [5.41, 5.74) is 5.67. The van der Waals surface area contributed by atoms with Gasteiger partial charge < -0.3 is 89.2 Å². The van der Waals surface area contributed by atoms with Crippen LogP contribution in [-0.2, 0) is 80.8 Å². The third-order valence-electron chi connectivity index (χ3n) is 8.42. The van der Waals surface area contributed by atoms with Gasteiger partial charge in [-0.25, -0.2) is 0 Å². The van der Waals surface area contributed by atoms with Gasteiger partial charge in [-0.15, -0.1) is 0 Å². The molecule has 0 radical (unpaired) electrons. The normalized spacial score (nSPS) is 12.0. The molecule has 7 N–H and O–H groups in total. The molecule has 0 rings (SSSR count). The summed E-state index contributed by atoms with van der Waals surface area (Å²) in [6, 6.07) is -1.95. The summed E-state index contributed by atoms with van der Waals surface area (Å²) in [7, 11) is 1.64. The Labute approximate surface area is 404 Å². The van der Waals surface area contributed by atoms with Crippen molar-refractivity contribution in [2.45, 2.75) is 44.2 Å². The van der Waals surface area contributed by atoms with Crippen LogP contribution in [0.4, 0.5) is 0 Å². The smallest absolute Gasteiger partial charge is 0.244 e. The van der Waals surface area contributed by atoms with Crippen LogP contribution in [0.25, 0.3) is 0 Å². The fraction of sp³-hybridized carbons (Fsp3) is 0.833. The molecular formula is C42H79IN6O17. The molecule has 0 aromatic rings. The van der Waals surface area contributed by atoms with Crippen LogP contribution < -0.4 is 32.3 Å². The number of carbonyl (C=O) groups excluding carboxylic acids is 5. The van der Waals surface area contributed by atoms with Gasteiger partial charge in [-0.2, -0.15) is 0 Å². The van der Waals surface area contributed by atoms with E-state index in [4.69, 9.17) is 62.6 Å². The van der Waals surface area contributed by atoms with Crippen LogP contribution in [0, 0.1) is 0 Å². The predicted molar refractivity (Wildman–Crippen MR) is 250 cm³/mol. The number of alkyl halides is 1. The van der Waals surface area contributed by atoms with Crippen molar-refractivity contribution in [2.24, 2.45) is 5.73 Å². The minimum atomic E-state index is -1.01. The van der Waals surface area contributed by atoms with Crippen LogP contribution >= 0.6 is 22.6 Å². The second kappa shape index (κ2) is 50.2. The van der Waals surface area contributed by atoms with Crippen molar-refractivity contribution in [3.63, 3.8) is 0 Å². The van der Waals surface area contributed by atoms with Gasteiger partial charge in [0.2, 0.25) is 29.5 Å². The summed E-state index contributed by atoms with van der Waals surface area (Å²) in [6.45, 7) is 14.2. The molecule has 0 spiro atoms. The molecule has 0 saturated carbocycles. The maximum atomic E-state index is 12.9. The van der Waals surface area contributed by atoms with Crippen LogP contribution in [0.5, 0.6) is 0 Å². The molecule has 0 aromatic heterocycles. The first-order valence-electron chi connectivity index (χ1n) is 22.4. The summed E-state index contributed by atoms with van der Waals surface area (Å²) < 4.78 is 65.0. The number of amides is 5. The average Bonchev–Trinajstić information content (AvgIpc) is 3.31. The van der Waals surface area contributed by atoms with E-state index in [2.05, 4.69) is 33.2 Å². The van der Waals surface area contributed by atoms with Crippen LogP contribution in [0.2, 0.25) is 0 Å². The minimum absolute atomic E-state index is 0.0176. The summed E-state index contributed by atoms with van der Waals surface area (Å²) in [5.74, 6) is -1.96. The van der Waals surface area contributed by atoms with E-state index in [1.54, 1.807) is 7.11 Å². The molecule has 0 aliphatic rings. The van der Waals surface area contributed by atoms with E-state index in [1.165, 1.54) is 6.20 Å². The number of unbranched alkanes of at least 4 members (excludes halogenated alkanes) is 1. The Morgan fingerprint density at radius 1 is 0.485 bits per heavy atom. The first-order valence-corrected chi connectivity index (χ1v) is 24.0. The first-order chi connectivity index (χ1) is 32.3. The zero-order valence-electron chi connectivity index (χ0n) is 39.0. The molecule has 0 saturated heterocycles. The Hall–Kier alpha value is -2.70. The standard InChI is InChI=1S/C42H79IN6O17/c1-3-45-38(50)7-10-47-41(53)36(49-42(54)37(35-44)48-40(52)34-43)6-4-5-9-46-39(51)8-11-56-14-15-58-18-19-60-22-23-62-26-27-64-30-31-66-33-32-65-29-28-63-25-24-61-21-20-59-17-16-57-13-12-55-2/h3,36-37H,1,4-35,44H2,2H3,(H,45,50)(H,46,51)(H,47,53)(H,48,52)(H,49,54). The van der Waals surface area contributed by atoms with E-state index in [0.717, 1.165) is 0 Å². The highest BCUT2D eigenvalue weighted by Crippen LogP contribution is 2.03. The van der Waals surface area contributed by atoms with Gasteiger partial charge in [-0.1, -0.05) is 29.2 Å². The van der Waals surface area contributed by atoms with Gasteiger partial charge in [0.15, 0.2) is 0 Å². The number of rotatable bonds is 51. The van der Waals surface area contributed by atoms with E-state index in [-0.39, 0.29) is 61.1 Å². The maximum Gasteiger partial charge on any atom is 0.244 e. The van der Waals surface area contributed by atoms with Crippen LogP contribution in [0.1, 0.15) is 32.1 Å². The number of hydrogen-bond acceptors (Lipinski definition) is 18. The summed E-state index contributed by atoms with van der Waals surface area (Å²) in [5, 5.41) is 13.0. The van der Waals surface area contributed by atoms with Crippen molar-refractivity contribution in [3.8, 4) is 0 Å². The van der Waals surface area contributed by atoms with E-state index in [0.29, 0.717) is 165 Å². The number of methoxy groups -OCH3 is 1. The van der Waals surface area contributed by atoms with Gasteiger partial charge in [0.1, 0.15) is 12.1 Å². The van der Waals surface area contributed by atoms with Crippen molar-refractivity contribution in [3.05, 3.63) is 12.8 Å². The minimum Gasteiger partial charge on any atom is -0.382 e. The largest absolute Gasteiger partial charge is 0.382 e. The average molecular weight is 1070 g/mol. The Morgan fingerprint density at radius 2 is 0.894 bits per heavy atom. The third-order valence-corrected chi connectivity index (χ3v) is 9.12. The van der Waals surface area contributed by atoms with Crippen molar-refractivity contribution < 1.29 is 80.8 Å². The first kappa shape index (κ1) is 63.3. The van der Waals surface area contributed by atoms with Gasteiger partial charge in [-0.05, 0) is 25.5 Å². The SMILES string of the molecule is C=CNC(=O)CCNC(=O)C(CCCCNC(=O)CCOCCOCCOCCOCCOCCOCCOCCOCCOCCOCCOCCOC)NC(=O)C(CN)NC(=O)CI. The van der Waals surface area contributed by atoms with E-state index in [9.17, 15) is 24.0 Å². The Bertz CT molecular complexity index is 1200. The molecule has 66 heavy (non-hydrogen) atoms. The Balaban J connectivity index is 3.66. The molecule has 24 heteroatoms. The van der Waals surface area contributed by atoms with E-state index in [1.807, 2.05) is 22.6 Å². The fourth-order valence-corrected chi connectivity index (χ4v) is 5.23. The van der Waals surface area contributed by atoms with Gasteiger partial charge in [0, 0.05) is 39.6 Å². The second-order valence-corrected chi connectivity index (χ2v) is 14.5. The molecule has 0 aliphatic heterocycles. The highest BCUT2D eigenvalue weighted by Gasteiger charge is 2.25. The van der Waals surface area contributed by atoms with Gasteiger partial charge in [-0.3, -0.25) is 24.0 Å². The number of nitrogens with two attached hydrogens (primary N) is 1. The number of nitrogens with one attached hydrogen (secondary N) is 5. The third kappa shape index (κ3) is 43.8. The van der Waals surface area contributed by atoms with Gasteiger partial charge in [0.05, 0.1) is 156 Å². The number of ether oxygens (including phenoxy) is 12. The molecule has 0 aromatic carbocycles. The molecule has 0 fully saturated rings. The van der Waals surface area contributed by atoms with Crippen molar-refractivity contribution in [2.75, 3.05) is 183 Å². The summed E-state index contributed by atoms with van der Waals surface area (Å²) in [4.78, 5) is 61.4. The molecular weight excluding hydrogens is 987 g/mol. The second-order valence-electron chi connectivity index (χ2n) is 13.7. The van der Waals surface area contributed by atoms with Crippen LogP contribution in [0.3, 0.4) is 0 Å². The molecule has 0 aliphatic carbocycles. The molecule has 0 bridgehead atoms.